The Hall–Kier alpha value is -3.09. The largest absolute Gasteiger partial charge is 0.450 e. The molecular formula is C24H29N3O4. The number of hydrogen-bond donors (Lipinski definition) is 0. The van der Waals surface area contributed by atoms with E-state index < -0.39 is 0 Å². The summed E-state index contributed by atoms with van der Waals surface area (Å²) in [5, 5.41) is 2.02. The number of carbonyl (C=O) groups excluding carboxylic acids is 3. The zero-order valence-electron chi connectivity index (χ0n) is 18.0. The number of fused-ring (bicyclic) bond motifs is 1. The zero-order valence-corrected chi connectivity index (χ0v) is 18.0. The van der Waals surface area contributed by atoms with Gasteiger partial charge in [0, 0.05) is 50.7 Å². The van der Waals surface area contributed by atoms with Gasteiger partial charge in [-0.1, -0.05) is 36.4 Å². The molecule has 2 aliphatic rings. The molecule has 3 amide bonds. The van der Waals surface area contributed by atoms with Crippen molar-refractivity contribution in [3.05, 3.63) is 48.0 Å². The summed E-state index contributed by atoms with van der Waals surface area (Å²) in [5.41, 5.74) is 0.720. The molecule has 164 valence electrons. The molecule has 7 heteroatoms. The number of nitrogens with zero attached hydrogens (tertiary/aromatic N) is 3. The first kappa shape index (κ1) is 21.2. The molecule has 0 aromatic heterocycles. The van der Waals surface area contributed by atoms with Crippen LogP contribution in [0, 0.1) is 5.92 Å². The molecule has 0 spiro atoms. The van der Waals surface area contributed by atoms with Crippen LogP contribution < -0.4 is 0 Å². The molecule has 0 aliphatic carbocycles. The van der Waals surface area contributed by atoms with Crippen LogP contribution >= 0.6 is 0 Å². The molecule has 2 aromatic carbocycles. The van der Waals surface area contributed by atoms with Crippen molar-refractivity contribution in [1.29, 1.82) is 0 Å². The van der Waals surface area contributed by atoms with Crippen molar-refractivity contribution in [2.75, 3.05) is 45.9 Å². The first-order valence-electron chi connectivity index (χ1n) is 11.1. The van der Waals surface area contributed by atoms with Crippen molar-refractivity contribution in [3.63, 3.8) is 0 Å². The first-order valence-corrected chi connectivity index (χ1v) is 11.1. The van der Waals surface area contributed by atoms with Crippen molar-refractivity contribution in [2.24, 2.45) is 5.92 Å². The van der Waals surface area contributed by atoms with Gasteiger partial charge in [0.25, 0.3) is 5.91 Å². The fraction of sp³-hybridized carbons (Fsp3) is 0.458. The number of benzene rings is 2. The maximum absolute atomic E-state index is 13.1. The number of hydrogen-bond acceptors (Lipinski definition) is 4. The van der Waals surface area contributed by atoms with Gasteiger partial charge in [0.1, 0.15) is 0 Å². The number of carbonyl (C=O) groups is 3. The number of amides is 3. The summed E-state index contributed by atoms with van der Waals surface area (Å²) in [6, 6.07) is 13.7. The normalized spacial score (nSPS) is 17.6. The van der Waals surface area contributed by atoms with Crippen molar-refractivity contribution in [3.8, 4) is 0 Å². The molecule has 7 nitrogen and oxygen atoms in total. The molecule has 2 saturated heterocycles. The molecule has 4 rings (SSSR count). The lowest BCUT2D eigenvalue weighted by Crippen LogP contribution is -2.53. The zero-order chi connectivity index (χ0) is 21.8. The van der Waals surface area contributed by atoms with E-state index in [1.165, 1.54) is 0 Å². The highest BCUT2D eigenvalue weighted by Crippen LogP contribution is 2.25. The van der Waals surface area contributed by atoms with E-state index in [-0.39, 0.29) is 23.8 Å². The monoisotopic (exact) mass is 423 g/mol. The maximum atomic E-state index is 13.1. The molecule has 2 aromatic rings. The minimum atomic E-state index is -0.310. The van der Waals surface area contributed by atoms with Gasteiger partial charge in [-0.05, 0) is 36.6 Å². The van der Waals surface area contributed by atoms with Crippen LogP contribution in [0.15, 0.2) is 42.5 Å². The maximum Gasteiger partial charge on any atom is 0.409 e. The van der Waals surface area contributed by atoms with Gasteiger partial charge in [-0.25, -0.2) is 4.79 Å². The van der Waals surface area contributed by atoms with Crippen LogP contribution in [0.5, 0.6) is 0 Å². The Bertz CT molecular complexity index is 955. The van der Waals surface area contributed by atoms with Crippen molar-refractivity contribution in [2.45, 2.75) is 19.8 Å². The van der Waals surface area contributed by atoms with E-state index in [1.54, 1.807) is 11.8 Å². The Labute approximate surface area is 182 Å². The highest BCUT2D eigenvalue weighted by Gasteiger charge is 2.33. The van der Waals surface area contributed by atoms with Gasteiger partial charge in [-0.2, -0.15) is 0 Å². The second kappa shape index (κ2) is 9.37. The standard InChI is InChI=1S/C24H29N3O4/c1-2-31-24(30)27-16-14-26(15-17-27)22(28)19-10-12-25(13-11-19)23(29)21-9-5-7-18-6-3-4-8-20(18)21/h3-9,19H,2,10-17H2,1H3. The number of piperazine rings is 1. The lowest BCUT2D eigenvalue weighted by molar-refractivity contribution is -0.138. The van der Waals surface area contributed by atoms with E-state index in [2.05, 4.69) is 0 Å². The predicted molar refractivity (Wildman–Crippen MR) is 118 cm³/mol. The Morgan fingerprint density at radius 2 is 1.48 bits per heavy atom. The summed E-state index contributed by atoms with van der Waals surface area (Å²) < 4.78 is 5.04. The van der Waals surface area contributed by atoms with Crippen molar-refractivity contribution >= 4 is 28.7 Å². The second-order valence-corrected chi connectivity index (χ2v) is 8.10. The van der Waals surface area contributed by atoms with Gasteiger partial charge in [0.05, 0.1) is 6.61 Å². The van der Waals surface area contributed by atoms with Crippen LogP contribution in [0.1, 0.15) is 30.1 Å². The molecule has 0 N–H and O–H groups in total. The number of rotatable bonds is 3. The number of piperidine rings is 1. The van der Waals surface area contributed by atoms with Crippen LogP contribution in [0.2, 0.25) is 0 Å². The number of ether oxygens (including phenoxy) is 1. The van der Waals surface area contributed by atoms with Gasteiger partial charge in [0.2, 0.25) is 5.91 Å². The van der Waals surface area contributed by atoms with Crippen LogP contribution in [0.3, 0.4) is 0 Å². The van der Waals surface area contributed by atoms with Gasteiger partial charge >= 0.3 is 6.09 Å². The first-order chi connectivity index (χ1) is 15.1. The fourth-order valence-electron chi connectivity index (χ4n) is 4.49. The average molecular weight is 424 g/mol. The molecule has 0 radical (unpaired) electrons. The minimum absolute atomic E-state index is 0.0331. The van der Waals surface area contributed by atoms with Crippen LogP contribution in [0.25, 0.3) is 10.8 Å². The van der Waals surface area contributed by atoms with E-state index in [1.807, 2.05) is 52.3 Å². The van der Waals surface area contributed by atoms with Crippen LogP contribution in [-0.4, -0.2) is 78.5 Å². The molecule has 0 unspecified atom stereocenters. The van der Waals surface area contributed by atoms with E-state index in [4.69, 9.17) is 4.74 Å². The van der Waals surface area contributed by atoms with Crippen LogP contribution in [-0.2, 0) is 9.53 Å². The lowest BCUT2D eigenvalue weighted by atomic mass is 9.94. The fourth-order valence-corrected chi connectivity index (χ4v) is 4.49. The summed E-state index contributed by atoms with van der Waals surface area (Å²) in [6.07, 6.45) is 1.04. The van der Waals surface area contributed by atoms with E-state index >= 15 is 0 Å². The molecule has 0 saturated carbocycles. The predicted octanol–water partition coefficient (Wildman–Crippen LogP) is 2.99. The molecule has 2 aliphatic heterocycles. The topological polar surface area (TPSA) is 70.2 Å². The van der Waals surface area contributed by atoms with Crippen molar-refractivity contribution in [1.82, 2.24) is 14.7 Å². The van der Waals surface area contributed by atoms with Crippen molar-refractivity contribution < 1.29 is 19.1 Å². The Morgan fingerprint density at radius 1 is 0.839 bits per heavy atom. The Balaban J connectivity index is 1.32. The second-order valence-electron chi connectivity index (χ2n) is 8.10. The van der Waals surface area contributed by atoms with Gasteiger partial charge in [-0.15, -0.1) is 0 Å². The van der Waals surface area contributed by atoms with E-state index in [0.717, 1.165) is 16.3 Å². The summed E-state index contributed by atoms with van der Waals surface area (Å²) in [5.74, 6) is 0.109. The molecule has 2 fully saturated rings. The summed E-state index contributed by atoms with van der Waals surface area (Å²) in [4.78, 5) is 43.3. The van der Waals surface area contributed by atoms with E-state index in [9.17, 15) is 14.4 Å². The summed E-state index contributed by atoms with van der Waals surface area (Å²) in [7, 11) is 0. The average Bonchev–Trinajstić information content (AvgIpc) is 2.83. The van der Waals surface area contributed by atoms with Gasteiger partial charge in [0.15, 0.2) is 0 Å². The third kappa shape index (κ3) is 4.50. The highest BCUT2D eigenvalue weighted by molar-refractivity contribution is 6.07. The third-order valence-corrected chi connectivity index (χ3v) is 6.27. The van der Waals surface area contributed by atoms with Gasteiger partial charge < -0.3 is 19.4 Å². The number of likely N-dealkylation sites (tertiary alicyclic amines) is 1. The van der Waals surface area contributed by atoms with Crippen LogP contribution in [0.4, 0.5) is 4.79 Å². The third-order valence-electron chi connectivity index (χ3n) is 6.27. The lowest BCUT2D eigenvalue weighted by Gasteiger charge is -2.38. The summed E-state index contributed by atoms with van der Waals surface area (Å²) >= 11 is 0. The quantitative estimate of drug-likeness (QED) is 0.761. The molecular weight excluding hydrogens is 394 g/mol. The molecule has 2 heterocycles. The Kier molecular flexibility index (Phi) is 6.39. The Morgan fingerprint density at radius 3 is 2.19 bits per heavy atom. The summed E-state index contributed by atoms with van der Waals surface area (Å²) in [6.45, 7) is 5.39. The smallest absolute Gasteiger partial charge is 0.409 e. The molecule has 0 atom stereocenters. The molecule has 0 bridgehead atoms. The molecule has 31 heavy (non-hydrogen) atoms. The van der Waals surface area contributed by atoms with E-state index in [0.29, 0.717) is 58.7 Å². The highest BCUT2D eigenvalue weighted by atomic mass is 16.6. The SMILES string of the molecule is CCOC(=O)N1CCN(C(=O)C2CCN(C(=O)c3cccc4ccccc34)CC2)CC1. The van der Waals surface area contributed by atoms with Gasteiger partial charge in [-0.3, -0.25) is 9.59 Å². The minimum Gasteiger partial charge on any atom is -0.450 e.